The normalized spacial score (nSPS) is 14.7. The Kier molecular flexibility index (Phi) is 4.14. The van der Waals surface area contributed by atoms with Gasteiger partial charge in [0.15, 0.2) is 0 Å². The quantitative estimate of drug-likeness (QED) is 0.820. The third-order valence-electron chi connectivity index (χ3n) is 4.00. The van der Waals surface area contributed by atoms with E-state index < -0.39 is 0 Å². The molecule has 0 fully saturated rings. The molecule has 0 aliphatic carbocycles. The van der Waals surface area contributed by atoms with E-state index in [4.69, 9.17) is 0 Å². The van der Waals surface area contributed by atoms with Crippen molar-refractivity contribution < 1.29 is 0 Å². The summed E-state index contributed by atoms with van der Waals surface area (Å²) in [5, 5.41) is 0. The maximum atomic E-state index is 2.53. The van der Waals surface area contributed by atoms with Gasteiger partial charge in [-0.3, -0.25) is 4.90 Å². The summed E-state index contributed by atoms with van der Waals surface area (Å²) in [4.78, 5) is 4.94. The zero-order chi connectivity index (χ0) is 13.8. The van der Waals surface area contributed by atoms with Gasteiger partial charge in [0, 0.05) is 32.7 Å². The minimum Gasteiger partial charge on any atom is -0.301 e. The third kappa shape index (κ3) is 3.27. The molecule has 2 heteroatoms. The molecule has 1 heterocycles. The number of hydrogen-bond donors (Lipinski definition) is 0. The number of hydrogen-bond acceptors (Lipinski definition) is 2. The van der Waals surface area contributed by atoms with Crippen molar-refractivity contribution >= 4 is 0 Å². The molecule has 104 valence electrons. The van der Waals surface area contributed by atoms with Gasteiger partial charge < -0.3 is 4.90 Å². The fourth-order valence-electron chi connectivity index (χ4n) is 2.85. The number of benzene rings is 2. The van der Waals surface area contributed by atoms with Gasteiger partial charge in [-0.2, -0.15) is 0 Å². The van der Waals surface area contributed by atoms with Crippen LogP contribution in [0.25, 0.3) is 0 Å². The third-order valence-corrected chi connectivity index (χ3v) is 4.00. The maximum Gasteiger partial charge on any atom is 0.0241 e. The summed E-state index contributed by atoms with van der Waals surface area (Å²) in [6.07, 6.45) is 0. The molecule has 0 spiro atoms. The van der Waals surface area contributed by atoms with Crippen molar-refractivity contribution in [3.8, 4) is 0 Å². The van der Waals surface area contributed by atoms with Crippen molar-refractivity contribution in [3.63, 3.8) is 0 Å². The largest absolute Gasteiger partial charge is 0.301 e. The van der Waals surface area contributed by atoms with Gasteiger partial charge in [-0.05, 0) is 23.7 Å². The summed E-state index contributed by atoms with van der Waals surface area (Å²) in [6, 6.07) is 19.5. The average molecular weight is 266 g/mol. The molecule has 1 aliphatic rings. The summed E-state index contributed by atoms with van der Waals surface area (Å²) in [5.74, 6) is 0. The number of nitrogens with zero attached hydrogens (tertiary/aromatic N) is 2. The molecule has 2 nitrogen and oxygen atoms in total. The van der Waals surface area contributed by atoms with Crippen molar-refractivity contribution in [3.05, 3.63) is 71.3 Å². The van der Waals surface area contributed by atoms with Crippen LogP contribution in [0.5, 0.6) is 0 Å². The fourth-order valence-corrected chi connectivity index (χ4v) is 2.85. The van der Waals surface area contributed by atoms with Crippen LogP contribution >= 0.6 is 0 Å². The SMILES string of the molecule is CN(CCN1Cc2ccccc2C1)Cc1ccccc1. The molecule has 0 radical (unpaired) electrons. The lowest BCUT2D eigenvalue weighted by Gasteiger charge is -2.21. The Bertz CT molecular complexity index is 525. The highest BCUT2D eigenvalue weighted by molar-refractivity contribution is 5.30. The second-order valence-electron chi connectivity index (χ2n) is 5.70. The van der Waals surface area contributed by atoms with Gasteiger partial charge in [0.2, 0.25) is 0 Å². The molecule has 0 saturated heterocycles. The van der Waals surface area contributed by atoms with Crippen molar-refractivity contribution in [2.24, 2.45) is 0 Å². The first-order chi connectivity index (χ1) is 9.81. The van der Waals surface area contributed by atoms with Crippen LogP contribution in [-0.2, 0) is 19.6 Å². The topological polar surface area (TPSA) is 6.48 Å². The molecule has 2 aromatic rings. The van der Waals surface area contributed by atoms with Crippen molar-refractivity contribution in [2.45, 2.75) is 19.6 Å². The van der Waals surface area contributed by atoms with E-state index in [0.29, 0.717) is 0 Å². The minimum absolute atomic E-state index is 1.03. The highest BCUT2D eigenvalue weighted by Crippen LogP contribution is 2.21. The van der Waals surface area contributed by atoms with Crippen molar-refractivity contribution in [1.29, 1.82) is 0 Å². The Hall–Kier alpha value is -1.64. The van der Waals surface area contributed by atoms with Gasteiger partial charge in [0.1, 0.15) is 0 Å². The van der Waals surface area contributed by atoms with Crippen LogP contribution in [0.1, 0.15) is 16.7 Å². The van der Waals surface area contributed by atoms with Gasteiger partial charge >= 0.3 is 0 Å². The first-order valence-corrected chi connectivity index (χ1v) is 7.33. The Balaban J connectivity index is 1.47. The molecule has 0 unspecified atom stereocenters. The second kappa shape index (κ2) is 6.21. The first kappa shape index (κ1) is 13.3. The monoisotopic (exact) mass is 266 g/mol. The molecule has 1 aliphatic heterocycles. The summed E-state index contributed by atoms with van der Waals surface area (Å²) in [6.45, 7) is 5.49. The average Bonchev–Trinajstić information content (AvgIpc) is 2.89. The van der Waals surface area contributed by atoms with Crippen molar-refractivity contribution in [1.82, 2.24) is 9.80 Å². The summed E-state index contributed by atoms with van der Waals surface area (Å²) >= 11 is 0. The fraction of sp³-hybridized carbons (Fsp3) is 0.333. The van der Waals surface area contributed by atoms with E-state index in [2.05, 4.69) is 71.4 Å². The van der Waals surface area contributed by atoms with Crippen molar-refractivity contribution in [2.75, 3.05) is 20.1 Å². The standard InChI is InChI=1S/C18H22N2/c1-19(13-16-7-3-2-4-8-16)11-12-20-14-17-9-5-6-10-18(17)15-20/h2-10H,11-15H2,1H3. The van der Waals surface area contributed by atoms with E-state index in [1.807, 2.05) is 0 Å². The number of likely N-dealkylation sites (N-methyl/N-ethyl adjacent to an activating group) is 1. The van der Waals surface area contributed by atoms with Crippen LogP contribution in [0.2, 0.25) is 0 Å². The van der Waals surface area contributed by atoms with Gasteiger partial charge in [-0.25, -0.2) is 0 Å². The van der Waals surface area contributed by atoms with Crippen LogP contribution in [-0.4, -0.2) is 29.9 Å². The smallest absolute Gasteiger partial charge is 0.0241 e. The van der Waals surface area contributed by atoms with Gasteiger partial charge in [-0.15, -0.1) is 0 Å². The molecule has 0 amide bonds. The molecular weight excluding hydrogens is 244 g/mol. The molecular formula is C18H22N2. The predicted octanol–water partition coefficient (Wildman–Crippen LogP) is 3.13. The van der Waals surface area contributed by atoms with E-state index >= 15 is 0 Å². The van der Waals surface area contributed by atoms with E-state index in [1.165, 1.54) is 16.7 Å². The highest BCUT2D eigenvalue weighted by Gasteiger charge is 2.17. The molecule has 20 heavy (non-hydrogen) atoms. The van der Waals surface area contributed by atoms with Crippen LogP contribution in [0, 0.1) is 0 Å². The van der Waals surface area contributed by atoms with E-state index in [1.54, 1.807) is 0 Å². The summed E-state index contributed by atoms with van der Waals surface area (Å²) in [7, 11) is 2.20. The van der Waals surface area contributed by atoms with E-state index in [0.717, 1.165) is 32.7 Å². The lowest BCUT2D eigenvalue weighted by atomic mass is 10.1. The predicted molar refractivity (Wildman–Crippen MR) is 83.3 cm³/mol. The molecule has 0 saturated carbocycles. The first-order valence-electron chi connectivity index (χ1n) is 7.33. The maximum absolute atomic E-state index is 2.53. The van der Waals surface area contributed by atoms with Gasteiger partial charge in [0.05, 0.1) is 0 Å². The van der Waals surface area contributed by atoms with Gasteiger partial charge in [-0.1, -0.05) is 54.6 Å². The molecule has 0 bridgehead atoms. The molecule has 0 N–H and O–H groups in total. The number of rotatable bonds is 5. The second-order valence-corrected chi connectivity index (χ2v) is 5.70. The molecule has 3 rings (SSSR count). The molecule has 0 aromatic heterocycles. The Labute approximate surface area is 121 Å². The zero-order valence-corrected chi connectivity index (χ0v) is 12.1. The van der Waals surface area contributed by atoms with Gasteiger partial charge in [0.25, 0.3) is 0 Å². The van der Waals surface area contributed by atoms with Crippen LogP contribution in [0.4, 0.5) is 0 Å². The van der Waals surface area contributed by atoms with E-state index in [9.17, 15) is 0 Å². The lowest BCUT2D eigenvalue weighted by molar-refractivity contribution is 0.224. The molecule has 2 aromatic carbocycles. The number of fused-ring (bicyclic) bond motifs is 1. The summed E-state index contributed by atoms with van der Waals surface area (Å²) < 4.78 is 0. The molecule has 0 atom stereocenters. The highest BCUT2D eigenvalue weighted by atomic mass is 15.2. The Morgan fingerprint density at radius 3 is 2.15 bits per heavy atom. The Morgan fingerprint density at radius 1 is 0.900 bits per heavy atom. The van der Waals surface area contributed by atoms with Crippen LogP contribution in [0.15, 0.2) is 54.6 Å². The Morgan fingerprint density at radius 2 is 1.50 bits per heavy atom. The van der Waals surface area contributed by atoms with Crippen LogP contribution < -0.4 is 0 Å². The lowest BCUT2D eigenvalue weighted by Crippen LogP contribution is -2.29. The summed E-state index contributed by atoms with van der Waals surface area (Å²) in [5.41, 5.74) is 4.39. The van der Waals surface area contributed by atoms with E-state index in [-0.39, 0.29) is 0 Å². The zero-order valence-electron chi connectivity index (χ0n) is 12.1. The minimum atomic E-state index is 1.03. The van der Waals surface area contributed by atoms with Crippen LogP contribution in [0.3, 0.4) is 0 Å².